The van der Waals surface area contributed by atoms with Gasteiger partial charge in [-0.1, -0.05) is 17.7 Å². The van der Waals surface area contributed by atoms with Crippen LogP contribution in [0.4, 0.5) is 0 Å². The van der Waals surface area contributed by atoms with Gasteiger partial charge in [-0.15, -0.1) is 0 Å². The Labute approximate surface area is 112 Å². The molecule has 1 atom stereocenters. The van der Waals surface area contributed by atoms with Crippen molar-refractivity contribution in [3.05, 3.63) is 35.0 Å². The minimum Gasteiger partial charge on any atom is -0.350 e. The van der Waals surface area contributed by atoms with E-state index in [1.54, 1.807) is 0 Å². The summed E-state index contributed by atoms with van der Waals surface area (Å²) in [5.74, 6) is 0. The van der Waals surface area contributed by atoms with Crippen LogP contribution >= 0.6 is 11.6 Å². The molecule has 3 nitrogen and oxygen atoms in total. The fourth-order valence-corrected chi connectivity index (χ4v) is 2.94. The van der Waals surface area contributed by atoms with Gasteiger partial charge in [0.25, 0.3) is 0 Å². The number of aromatic nitrogens is 1. The molecule has 0 aliphatic carbocycles. The lowest BCUT2D eigenvalue weighted by molar-refractivity contribution is 0.241. The fraction of sp³-hybridized carbons (Fsp3) is 0.429. The summed E-state index contributed by atoms with van der Waals surface area (Å²) in [5, 5.41) is 5.69. The monoisotopic (exact) mass is 263 g/mol. The molecule has 1 unspecified atom stereocenters. The largest absolute Gasteiger partial charge is 0.350 e. The highest BCUT2D eigenvalue weighted by Gasteiger charge is 2.21. The smallest absolute Gasteiger partial charge is 0.0496 e. The molecule has 1 N–H and O–H groups in total. The van der Waals surface area contributed by atoms with Gasteiger partial charge in [-0.3, -0.25) is 0 Å². The standard InChI is InChI=1S/C14H18ClN3/c1-17-6-5-16-13(9-17)12-8-18(2)14-7-10(15)3-4-11(12)14/h3-4,7-8,13,16H,5-6,9H2,1-2H3. The quantitative estimate of drug-likeness (QED) is 0.853. The Morgan fingerprint density at radius 1 is 1.33 bits per heavy atom. The molecule has 1 aromatic carbocycles. The molecule has 1 aliphatic rings. The van der Waals surface area contributed by atoms with Gasteiger partial charge in [0.1, 0.15) is 0 Å². The van der Waals surface area contributed by atoms with Crippen molar-refractivity contribution in [2.75, 3.05) is 26.7 Å². The first-order chi connectivity index (χ1) is 8.65. The first-order valence-corrected chi connectivity index (χ1v) is 6.69. The van der Waals surface area contributed by atoms with Crippen LogP contribution in [0.5, 0.6) is 0 Å². The van der Waals surface area contributed by atoms with Crippen molar-refractivity contribution in [2.24, 2.45) is 7.05 Å². The predicted octanol–water partition coefficient (Wildman–Crippen LogP) is 2.41. The highest BCUT2D eigenvalue weighted by Crippen LogP contribution is 2.29. The maximum atomic E-state index is 6.07. The molecule has 18 heavy (non-hydrogen) atoms. The number of rotatable bonds is 1. The van der Waals surface area contributed by atoms with E-state index in [1.807, 2.05) is 12.1 Å². The minimum atomic E-state index is 0.411. The van der Waals surface area contributed by atoms with Gasteiger partial charge in [0.05, 0.1) is 0 Å². The third-order valence-corrected chi connectivity index (χ3v) is 3.97. The van der Waals surface area contributed by atoms with Gasteiger partial charge in [0, 0.05) is 54.8 Å². The van der Waals surface area contributed by atoms with Crippen molar-refractivity contribution < 1.29 is 0 Å². The molecule has 1 aromatic heterocycles. The van der Waals surface area contributed by atoms with Crippen LogP contribution in [0.15, 0.2) is 24.4 Å². The first-order valence-electron chi connectivity index (χ1n) is 6.31. The lowest BCUT2D eigenvalue weighted by Crippen LogP contribution is -2.43. The summed E-state index contributed by atoms with van der Waals surface area (Å²) in [7, 11) is 4.25. The van der Waals surface area contributed by atoms with Gasteiger partial charge >= 0.3 is 0 Å². The Balaban J connectivity index is 2.06. The number of nitrogens with one attached hydrogen (secondary N) is 1. The highest BCUT2D eigenvalue weighted by molar-refractivity contribution is 6.31. The zero-order chi connectivity index (χ0) is 12.7. The van der Waals surface area contributed by atoms with Gasteiger partial charge in [-0.2, -0.15) is 0 Å². The van der Waals surface area contributed by atoms with Gasteiger partial charge in [0.15, 0.2) is 0 Å². The summed E-state index contributed by atoms with van der Waals surface area (Å²) in [5.41, 5.74) is 2.57. The Kier molecular flexibility index (Phi) is 3.06. The van der Waals surface area contributed by atoms with Gasteiger partial charge < -0.3 is 14.8 Å². The van der Waals surface area contributed by atoms with Crippen molar-refractivity contribution in [1.82, 2.24) is 14.8 Å². The number of aryl methyl sites for hydroxylation is 1. The van der Waals surface area contributed by atoms with E-state index in [9.17, 15) is 0 Å². The van der Waals surface area contributed by atoms with E-state index in [-0.39, 0.29) is 0 Å². The second kappa shape index (κ2) is 4.57. The zero-order valence-electron chi connectivity index (χ0n) is 10.8. The maximum absolute atomic E-state index is 6.07. The third-order valence-electron chi connectivity index (χ3n) is 3.74. The zero-order valence-corrected chi connectivity index (χ0v) is 11.5. The maximum Gasteiger partial charge on any atom is 0.0496 e. The minimum absolute atomic E-state index is 0.411. The SMILES string of the molecule is CN1CCNC(c2cn(C)c3cc(Cl)ccc23)C1. The molecular weight excluding hydrogens is 246 g/mol. The van der Waals surface area contributed by atoms with Crippen molar-refractivity contribution in [1.29, 1.82) is 0 Å². The van der Waals surface area contributed by atoms with Crippen molar-refractivity contribution >= 4 is 22.5 Å². The third kappa shape index (κ3) is 2.03. The van der Waals surface area contributed by atoms with Crippen LogP contribution in [0.1, 0.15) is 11.6 Å². The number of halogens is 1. The van der Waals surface area contributed by atoms with Crippen LogP contribution in [-0.2, 0) is 7.05 Å². The van der Waals surface area contributed by atoms with Crippen molar-refractivity contribution in [3.63, 3.8) is 0 Å². The van der Waals surface area contributed by atoms with E-state index < -0.39 is 0 Å². The number of likely N-dealkylation sites (N-methyl/N-ethyl adjacent to an activating group) is 1. The van der Waals surface area contributed by atoms with Gasteiger partial charge in [0.2, 0.25) is 0 Å². The van der Waals surface area contributed by atoms with Crippen molar-refractivity contribution in [2.45, 2.75) is 6.04 Å². The molecule has 0 spiro atoms. The van der Waals surface area contributed by atoms with E-state index in [2.05, 4.69) is 41.1 Å². The van der Waals surface area contributed by atoms with E-state index in [0.717, 1.165) is 24.7 Å². The van der Waals surface area contributed by atoms with E-state index in [1.165, 1.54) is 16.5 Å². The van der Waals surface area contributed by atoms with E-state index >= 15 is 0 Å². The number of hydrogen-bond acceptors (Lipinski definition) is 2. The molecule has 3 rings (SSSR count). The Hall–Kier alpha value is -1.03. The average Bonchev–Trinajstić information content (AvgIpc) is 2.67. The summed E-state index contributed by atoms with van der Waals surface area (Å²) in [6, 6.07) is 6.55. The summed E-state index contributed by atoms with van der Waals surface area (Å²) in [6.07, 6.45) is 2.22. The summed E-state index contributed by atoms with van der Waals surface area (Å²) in [4.78, 5) is 2.37. The van der Waals surface area contributed by atoms with Crippen LogP contribution in [0.25, 0.3) is 10.9 Å². The lowest BCUT2D eigenvalue weighted by atomic mass is 10.0. The van der Waals surface area contributed by atoms with Crippen LogP contribution in [0, 0.1) is 0 Å². The Morgan fingerprint density at radius 2 is 2.17 bits per heavy atom. The van der Waals surface area contributed by atoms with Crippen LogP contribution in [0.2, 0.25) is 5.02 Å². The Bertz CT molecular complexity index is 576. The van der Waals surface area contributed by atoms with Crippen LogP contribution < -0.4 is 5.32 Å². The predicted molar refractivity (Wildman–Crippen MR) is 76.2 cm³/mol. The second-order valence-corrected chi connectivity index (χ2v) is 5.56. The molecule has 0 radical (unpaired) electrons. The molecule has 1 aliphatic heterocycles. The Morgan fingerprint density at radius 3 is 2.94 bits per heavy atom. The molecule has 2 aromatic rings. The number of fused-ring (bicyclic) bond motifs is 1. The fourth-order valence-electron chi connectivity index (χ4n) is 2.77. The van der Waals surface area contributed by atoms with Gasteiger partial charge in [-0.05, 0) is 24.7 Å². The number of nitrogens with zero attached hydrogens (tertiary/aromatic N) is 2. The molecule has 0 amide bonds. The first kappa shape index (κ1) is 12.0. The second-order valence-electron chi connectivity index (χ2n) is 5.13. The normalized spacial score (nSPS) is 21.6. The van der Waals surface area contributed by atoms with Crippen LogP contribution in [-0.4, -0.2) is 36.1 Å². The molecule has 0 saturated carbocycles. The van der Waals surface area contributed by atoms with E-state index in [0.29, 0.717) is 6.04 Å². The summed E-state index contributed by atoms with van der Waals surface area (Å²) in [6.45, 7) is 3.22. The van der Waals surface area contributed by atoms with E-state index in [4.69, 9.17) is 11.6 Å². The molecular formula is C14H18ClN3. The number of hydrogen-bond donors (Lipinski definition) is 1. The molecule has 1 fully saturated rings. The molecule has 1 saturated heterocycles. The number of piperazine rings is 1. The summed E-state index contributed by atoms with van der Waals surface area (Å²) < 4.78 is 2.16. The summed E-state index contributed by atoms with van der Waals surface area (Å²) >= 11 is 6.07. The highest BCUT2D eigenvalue weighted by atomic mass is 35.5. The lowest BCUT2D eigenvalue weighted by Gasteiger charge is -2.30. The average molecular weight is 264 g/mol. The molecule has 2 heterocycles. The molecule has 96 valence electrons. The molecule has 4 heteroatoms. The van der Waals surface area contributed by atoms with Crippen molar-refractivity contribution in [3.8, 4) is 0 Å². The number of benzene rings is 1. The van der Waals surface area contributed by atoms with Gasteiger partial charge in [-0.25, -0.2) is 0 Å². The topological polar surface area (TPSA) is 20.2 Å². The van der Waals surface area contributed by atoms with Crippen LogP contribution in [0.3, 0.4) is 0 Å². The molecule has 0 bridgehead atoms.